The van der Waals surface area contributed by atoms with Crippen molar-refractivity contribution in [2.24, 2.45) is 0 Å². The molecule has 7 heteroatoms. The summed E-state index contributed by atoms with van der Waals surface area (Å²) in [5.74, 6) is 0.195. The van der Waals surface area contributed by atoms with Crippen LogP contribution >= 0.6 is 0 Å². The lowest BCUT2D eigenvalue weighted by Gasteiger charge is -2.06. The molecule has 4 rings (SSSR count). The Bertz CT molecular complexity index is 1180. The van der Waals surface area contributed by atoms with E-state index >= 15 is 0 Å². The summed E-state index contributed by atoms with van der Waals surface area (Å²) < 4.78 is 12.4. The second-order valence-electron chi connectivity index (χ2n) is 6.80. The zero-order valence-corrected chi connectivity index (χ0v) is 16.0. The Labute approximate surface area is 167 Å². The number of benzene rings is 2. The summed E-state index contributed by atoms with van der Waals surface area (Å²) in [7, 11) is 1.44. The quantitative estimate of drug-likeness (QED) is 0.482. The standard InChI is InChI=1S/C22H21N3O4/c1-28-21-11-17-20(12-19(21)26)29-14-16(22(17)27)9-5-6-10-25-13-18(23-24-25)15-7-3-2-4-8-15/h2-4,7-8,11-14,26H,5-6,9-10H2,1H3. The highest BCUT2D eigenvalue weighted by Gasteiger charge is 2.12. The van der Waals surface area contributed by atoms with Crippen LogP contribution in [0.25, 0.3) is 22.2 Å². The molecule has 4 aromatic rings. The number of phenolic OH excluding ortho intramolecular Hbond substituents is 1. The fraction of sp³-hybridized carbons (Fsp3) is 0.227. The van der Waals surface area contributed by atoms with Gasteiger partial charge in [0.2, 0.25) is 0 Å². The van der Waals surface area contributed by atoms with Crippen LogP contribution < -0.4 is 10.2 Å². The maximum absolute atomic E-state index is 12.7. The van der Waals surface area contributed by atoms with E-state index in [1.54, 1.807) is 0 Å². The predicted octanol–water partition coefficient (Wildman–Crippen LogP) is 3.79. The van der Waals surface area contributed by atoms with E-state index in [4.69, 9.17) is 9.15 Å². The summed E-state index contributed by atoms with van der Waals surface area (Å²) in [6.45, 7) is 0.723. The average Bonchev–Trinajstić information content (AvgIpc) is 3.22. The molecule has 0 bridgehead atoms. The monoisotopic (exact) mass is 391 g/mol. The van der Waals surface area contributed by atoms with Gasteiger partial charge in [0.1, 0.15) is 11.3 Å². The van der Waals surface area contributed by atoms with Crippen molar-refractivity contribution < 1.29 is 14.3 Å². The molecule has 2 aromatic heterocycles. The van der Waals surface area contributed by atoms with Gasteiger partial charge in [0.05, 0.1) is 25.0 Å². The van der Waals surface area contributed by atoms with E-state index in [2.05, 4.69) is 10.3 Å². The molecule has 0 aliphatic rings. The van der Waals surface area contributed by atoms with Crippen LogP contribution in [0.15, 0.2) is 64.1 Å². The Morgan fingerprint density at radius 1 is 1.17 bits per heavy atom. The van der Waals surface area contributed by atoms with Crippen LogP contribution in [-0.2, 0) is 13.0 Å². The predicted molar refractivity (Wildman–Crippen MR) is 109 cm³/mol. The van der Waals surface area contributed by atoms with Crippen molar-refractivity contribution in [3.05, 3.63) is 70.7 Å². The first-order valence-electron chi connectivity index (χ1n) is 9.42. The number of nitrogens with zero attached hydrogens (tertiary/aromatic N) is 3. The van der Waals surface area contributed by atoms with E-state index in [1.807, 2.05) is 41.2 Å². The molecule has 2 heterocycles. The van der Waals surface area contributed by atoms with Crippen LogP contribution in [0.2, 0.25) is 0 Å². The van der Waals surface area contributed by atoms with Gasteiger partial charge in [0, 0.05) is 23.7 Å². The Balaban J connectivity index is 1.39. The number of aromatic nitrogens is 3. The van der Waals surface area contributed by atoms with Gasteiger partial charge in [-0.25, -0.2) is 0 Å². The van der Waals surface area contributed by atoms with E-state index in [1.165, 1.54) is 25.5 Å². The molecule has 0 fully saturated rings. The SMILES string of the molecule is COc1cc2c(=O)c(CCCCn3cc(-c4ccccc4)nn3)coc2cc1O. The second kappa shape index (κ2) is 8.18. The van der Waals surface area contributed by atoms with Crippen molar-refractivity contribution in [1.82, 2.24) is 15.0 Å². The Kier molecular flexibility index (Phi) is 5.29. The molecule has 0 saturated heterocycles. The lowest BCUT2D eigenvalue weighted by atomic mass is 10.1. The van der Waals surface area contributed by atoms with Gasteiger partial charge < -0.3 is 14.3 Å². The molecule has 0 aliphatic carbocycles. The number of aryl methyl sites for hydroxylation is 2. The highest BCUT2D eigenvalue weighted by atomic mass is 16.5. The summed E-state index contributed by atoms with van der Waals surface area (Å²) in [6.07, 6.45) is 5.67. The third-order valence-corrected chi connectivity index (χ3v) is 4.84. The van der Waals surface area contributed by atoms with Crippen LogP contribution in [0.4, 0.5) is 0 Å². The van der Waals surface area contributed by atoms with E-state index in [-0.39, 0.29) is 16.9 Å². The van der Waals surface area contributed by atoms with Crippen molar-refractivity contribution in [3.63, 3.8) is 0 Å². The summed E-state index contributed by atoms with van der Waals surface area (Å²) >= 11 is 0. The number of fused-ring (bicyclic) bond motifs is 1. The van der Waals surface area contributed by atoms with Gasteiger partial charge in [-0.3, -0.25) is 9.48 Å². The highest BCUT2D eigenvalue weighted by Crippen LogP contribution is 2.30. The molecule has 0 atom stereocenters. The molecule has 0 unspecified atom stereocenters. The Hall–Kier alpha value is -3.61. The first kappa shape index (κ1) is 18.7. The molecule has 7 nitrogen and oxygen atoms in total. The molecular weight excluding hydrogens is 370 g/mol. The largest absolute Gasteiger partial charge is 0.504 e. The van der Waals surface area contributed by atoms with Crippen molar-refractivity contribution in [1.29, 1.82) is 0 Å². The number of ether oxygens (including phenoxy) is 1. The Morgan fingerprint density at radius 2 is 2.00 bits per heavy atom. The number of methoxy groups -OCH3 is 1. The van der Waals surface area contributed by atoms with Crippen LogP contribution in [0.3, 0.4) is 0 Å². The van der Waals surface area contributed by atoms with E-state index < -0.39 is 0 Å². The third-order valence-electron chi connectivity index (χ3n) is 4.84. The molecule has 148 valence electrons. The number of phenols is 1. The van der Waals surface area contributed by atoms with Crippen molar-refractivity contribution in [2.45, 2.75) is 25.8 Å². The highest BCUT2D eigenvalue weighted by molar-refractivity contribution is 5.81. The molecule has 0 spiro atoms. The molecule has 2 aromatic carbocycles. The fourth-order valence-corrected chi connectivity index (χ4v) is 3.26. The summed E-state index contributed by atoms with van der Waals surface area (Å²) in [4.78, 5) is 12.7. The minimum absolute atomic E-state index is 0.0568. The first-order chi connectivity index (χ1) is 14.2. The zero-order chi connectivity index (χ0) is 20.2. The van der Waals surface area contributed by atoms with Gasteiger partial charge in [-0.2, -0.15) is 0 Å². The third kappa shape index (κ3) is 3.99. The number of aromatic hydroxyl groups is 1. The lowest BCUT2D eigenvalue weighted by molar-refractivity contribution is 0.373. The van der Waals surface area contributed by atoms with Crippen LogP contribution in [0.1, 0.15) is 18.4 Å². The summed E-state index contributed by atoms with van der Waals surface area (Å²) in [6, 6.07) is 12.8. The minimum Gasteiger partial charge on any atom is -0.504 e. The number of rotatable bonds is 7. The molecular formula is C22H21N3O4. The smallest absolute Gasteiger partial charge is 0.195 e. The molecule has 1 N–H and O–H groups in total. The lowest BCUT2D eigenvalue weighted by Crippen LogP contribution is -2.09. The average molecular weight is 391 g/mol. The first-order valence-corrected chi connectivity index (χ1v) is 9.42. The van der Waals surface area contributed by atoms with Gasteiger partial charge >= 0.3 is 0 Å². The van der Waals surface area contributed by atoms with E-state index in [0.29, 0.717) is 23.0 Å². The minimum atomic E-state index is -0.100. The van der Waals surface area contributed by atoms with Crippen molar-refractivity contribution >= 4 is 11.0 Å². The zero-order valence-electron chi connectivity index (χ0n) is 16.0. The summed E-state index contributed by atoms with van der Waals surface area (Å²) in [5, 5.41) is 18.6. The van der Waals surface area contributed by atoms with E-state index in [0.717, 1.165) is 30.6 Å². The van der Waals surface area contributed by atoms with Crippen molar-refractivity contribution in [2.75, 3.05) is 7.11 Å². The molecule has 0 saturated carbocycles. The normalized spacial score (nSPS) is 11.1. The van der Waals surface area contributed by atoms with Gasteiger partial charge in [0.15, 0.2) is 16.9 Å². The molecule has 29 heavy (non-hydrogen) atoms. The molecule has 0 aliphatic heterocycles. The van der Waals surface area contributed by atoms with Crippen LogP contribution in [0.5, 0.6) is 11.5 Å². The van der Waals surface area contributed by atoms with Gasteiger partial charge in [-0.05, 0) is 25.3 Å². The van der Waals surface area contributed by atoms with Crippen molar-refractivity contribution in [3.8, 4) is 22.8 Å². The summed E-state index contributed by atoms with van der Waals surface area (Å²) in [5.41, 5.74) is 2.73. The number of hydrogen-bond acceptors (Lipinski definition) is 6. The van der Waals surface area contributed by atoms with Gasteiger partial charge in [0.25, 0.3) is 0 Å². The van der Waals surface area contributed by atoms with Gasteiger partial charge in [-0.1, -0.05) is 35.5 Å². The Morgan fingerprint density at radius 3 is 2.79 bits per heavy atom. The molecule has 0 radical (unpaired) electrons. The molecule has 0 amide bonds. The maximum Gasteiger partial charge on any atom is 0.195 e. The second-order valence-corrected chi connectivity index (χ2v) is 6.80. The fourth-order valence-electron chi connectivity index (χ4n) is 3.26. The number of hydrogen-bond donors (Lipinski definition) is 1. The van der Waals surface area contributed by atoms with Crippen LogP contribution in [-0.4, -0.2) is 27.2 Å². The number of unbranched alkanes of at least 4 members (excludes halogenated alkanes) is 1. The van der Waals surface area contributed by atoms with E-state index in [9.17, 15) is 9.90 Å². The van der Waals surface area contributed by atoms with Gasteiger partial charge in [-0.15, -0.1) is 5.10 Å². The topological polar surface area (TPSA) is 90.4 Å². The maximum atomic E-state index is 12.7. The van der Waals surface area contributed by atoms with Crippen LogP contribution in [0, 0.1) is 0 Å².